The predicted octanol–water partition coefficient (Wildman–Crippen LogP) is 3.53. The maximum Gasteiger partial charge on any atom is 0.270 e. The lowest BCUT2D eigenvalue weighted by Crippen LogP contribution is -2.33. The van der Waals surface area contributed by atoms with Crippen molar-refractivity contribution in [3.8, 4) is 0 Å². The third-order valence-corrected chi connectivity index (χ3v) is 3.13. The molecule has 0 aromatic carbocycles. The molecule has 96 valence electrons. The molecular formula is C13H21BrN2O. The Kier molecular flexibility index (Phi) is 5.75. The number of hydrogen-bond acceptors (Lipinski definition) is 1. The number of nitrogens with zero attached hydrogens (tertiary/aromatic N) is 2. The van der Waals surface area contributed by atoms with E-state index < -0.39 is 0 Å². The zero-order chi connectivity index (χ0) is 12.8. The monoisotopic (exact) mass is 300 g/mol. The van der Waals surface area contributed by atoms with E-state index >= 15 is 0 Å². The number of amides is 1. The second kappa shape index (κ2) is 6.84. The van der Waals surface area contributed by atoms with Crippen LogP contribution >= 0.6 is 15.9 Å². The predicted molar refractivity (Wildman–Crippen MR) is 74.3 cm³/mol. The van der Waals surface area contributed by atoms with Crippen LogP contribution in [0.2, 0.25) is 0 Å². The molecule has 0 aliphatic rings. The number of halogens is 1. The Morgan fingerprint density at radius 3 is 2.35 bits per heavy atom. The highest BCUT2D eigenvalue weighted by atomic mass is 79.9. The molecule has 1 amide bonds. The van der Waals surface area contributed by atoms with Gasteiger partial charge in [-0.05, 0) is 41.8 Å². The maximum atomic E-state index is 12.4. The van der Waals surface area contributed by atoms with Gasteiger partial charge in [0.25, 0.3) is 5.91 Å². The highest BCUT2D eigenvalue weighted by Crippen LogP contribution is 2.17. The molecule has 0 spiro atoms. The van der Waals surface area contributed by atoms with Crippen LogP contribution in [0, 0.1) is 0 Å². The molecule has 0 saturated heterocycles. The lowest BCUT2D eigenvalue weighted by Gasteiger charge is -2.22. The third kappa shape index (κ3) is 3.60. The van der Waals surface area contributed by atoms with Crippen molar-refractivity contribution in [2.45, 2.75) is 40.2 Å². The quantitative estimate of drug-likeness (QED) is 0.789. The molecule has 1 aromatic heterocycles. The van der Waals surface area contributed by atoms with Crippen LogP contribution in [-0.4, -0.2) is 28.5 Å². The molecule has 17 heavy (non-hydrogen) atoms. The van der Waals surface area contributed by atoms with E-state index in [9.17, 15) is 4.79 Å². The Morgan fingerprint density at radius 1 is 1.29 bits per heavy atom. The summed E-state index contributed by atoms with van der Waals surface area (Å²) in [5.41, 5.74) is 0.779. The van der Waals surface area contributed by atoms with Gasteiger partial charge >= 0.3 is 0 Å². The van der Waals surface area contributed by atoms with Crippen molar-refractivity contribution >= 4 is 21.8 Å². The first-order valence-electron chi connectivity index (χ1n) is 6.28. The molecule has 1 heterocycles. The number of carbonyl (C=O) groups is 1. The summed E-state index contributed by atoms with van der Waals surface area (Å²) in [5.74, 6) is 0.140. The first kappa shape index (κ1) is 14.3. The van der Waals surface area contributed by atoms with Crippen LogP contribution < -0.4 is 0 Å². The molecule has 1 aromatic rings. The van der Waals surface area contributed by atoms with Gasteiger partial charge in [0.2, 0.25) is 0 Å². The first-order chi connectivity index (χ1) is 8.13. The largest absolute Gasteiger partial charge is 0.343 e. The van der Waals surface area contributed by atoms with Crippen LogP contribution in [0.4, 0.5) is 0 Å². The smallest absolute Gasteiger partial charge is 0.270 e. The third-order valence-electron chi connectivity index (χ3n) is 2.70. The molecule has 0 bridgehead atoms. The second-order valence-electron chi connectivity index (χ2n) is 4.12. The molecule has 3 nitrogen and oxygen atoms in total. The van der Waals surface area contributed by atoms with E-state index in [-0.39, 0.29) is 5.91 Å². The first-order valence-corrected chi connectivity index (χ1v) is 7.08. The van der Waals surface area contributed by atoms with Gasteiger partial charge in [0, 0.05) is 30.3 Å². The van der Waals surface area contributed by atoms with E-state index in [0.717, 1.165) is 42.6 Å². The highest BCUT2D eigenvalue weighted by Gasteiger charge is 2.18. The molecule has 0 radical (unpaired) electrons. The summed E-state index contributed by atoms with van der Waals surface area (Å²) in [7, 11) is 0. The maximum absolute atomic E-state index is 12.4. The number of aromatic nitrogens is 1. The fourth-order valence-corrected chi connectivity index (χ4v) is 2.40. The fraction of sp³-hybridized carbons (Fsp3) is 0.615. The molecule has 0 fully saturated rings. The molecule has 0 saturated carbocycles. The van der Waals surface area contributed by atoms with Crippen molar-refractivity contribution in [3.63, 3.8) is 0 Å². The summed E-state index contributed by atoms with van der Waals surface area (Å²) in [5, 5.41) is 0. The minimum atomic E-state index is 0.140. The van der Waals surface area contributed by atoms with E-state index in [2.05, 4.69) is 29.8 Å². The summed E-state index contributed by atoms with van der Waals surface area (Å²) in [6, 6.07) is 1.91. The van der Waals surface area contributed by atoms with Gasteiger partial charge in [-0.25, -0.2) is 0 Å². The second-order valence-corrected chi connectivity index (χ2v) is 5.04. The Labute approximate surface area is 112 Å². The lowest BCUT2D eigenvalue weighted by molar-refractivity contribution is 0.0745. The van der Waals surface area contributed by atoms with E-state index in [0.29, 0.717) is 0 Å². The van der Waals surface area contributed by atoms with Crippen molar-refractivity contribution in [3.05, 3.63) is 22.4 Å². The Hall–Kier alpha value is -0.770. The van der Waals surface area contributed by atoms with Gasteiger partial charge in [-0.3, -0.25) is 4.79 Å². The van der Waals surface area contributed by atoms with E-state index in [1.807, 2.05) is 28.7 Å². The van der Waals surface area contributed by atoms with Gasteiger partial charge < -0.3 is 9.47 Å². The van der Waals surface area contributed by atoms with Gasteiger partial charge in [0.1, 0.15) is 5.69 Å². The van der Waals surface area contributed by atoms with Crippen molar-refractivity contribution in [1.82, 2.24) is 9.47 Å². The molecule has 1 rings (SSSR count). The minimum absolute atomic E-state index is 0.140. The molecular weight excluding hydrogens is 280 g/mol. The van der Waals surface area contributed by atoms with Crippen LogP contribution in [0.3, 0.4) is 0 Å². The molecule has 0 unspecified atom stereocenters. The van der Waals surface area contributed by atoms with Crippen LogP contribution in [-0.2, 0) is 6.54 Å². The Morgan fingerprint density at radius 2 is 1.88 bits per heavy atom. The van der Waals surface area contributed by atoms with Crippen LogP contribution in [0.15, 0.2) is 16.7 Å². The van der Waals surface area contributed by atoms with Crippen LogP contribution in [0.25, 0.3) is 0 Å². The molecule has 0 aliphatic carbocycles. The fourth-order valence-electron chi connectivity index (χ4n) is 1.93. The minimum Gasteiger partial charge on any atom is -0.343 e. The number of carbonyl (C=O) groups excluding carboxylic acids is 1. The summed E-state index contributed by atoms with van der Waals surface area (Å²) < 4.78 is 2.96. The van der Waals surface area contributed by atoms with E-state index in [4.69, 9.17) is 0 Å². The normalized spacial score (nSPS) is 10.6. The molecule has 0 N–H and O–H groups in total. The molecule has 0 aliphatic heterocycles. The van der Waals surface area contributed by atoms with Crippen molar-refractivity contribution in [1.29, 1.82) is 0 Å². The summed E-state index contributed by atoms with van der Waals surface area (Å²) in [4.78, 5) is 14.3. The van der Waals surface area contributed by atoms with Crippen molar-refractivity contribution in [2.24, 2.45) is 0 Å². The van der Waals surface area contributed by atoms with E-state index in [1.54, 1.807) is 0 Å². The molecule has 0 atom stereocenters. The van der Waals surface area contributed by atoms with Crippen LogP contribution in [0.1, 0.15) is 44.1 Å². The topological polar surface area (TPSA) is 25.2 Å². The SMILES string of the molecule is CCCN(CCC)C(=O)c1cc(Br)cn1CC. The zero-order valence-electron chi connectivity index (χ0n) is 10.9. The number of hydrogen-bond donors (Lipinski definition) is 0. The van der Waals surface area contributed by atoms with Gasteiger partial charge in [-0.2, -0.15) is 0 Å². The standard InChI is InChI=1S/C13H21BrN2O/c1-4-7-16(8-5-2)13(17)12-9-11(14)10-15(12)6-3/h9-10H,4-8H2,1-3H3. The molecule has 4 heteroatoms. The zero-order valence-corrected chi connectivity index (χ0v) is 12.5. The van der Waals surface area contributed by atoms with Crippen molar-refractivity contribution in [2.75, 3.05) is 13.1 Å². The Balaban J connectivity index is 2.91. The average Bonchev–Trinajstić information content (AvgIpc) is 2.69. The van der Waals surface area contributed by atoms with Crippen LogP contribution in [0.5, 0.6) is 0 Å². The van der Waals surface area contributed by atoms with Gasteiger partial charge in [-0.15, -0.1) is 0 Å². The van der Waals surface area contributed by atoms with Gasteiger partial charge in [-0.1, -0.05) is 13.8 Å². The summed E-state index contributed by atoms with van der Waals surface area (Å²) >= 11 is 3.43. The van der Waals surface area contributed by atoms with Gasteiger partial charge in [0.15, 0.2) is 0 Å². The summed E-state index contributed by atoms with van der Waals surface area (Å²) in [6.45, 7) is 8.74. The van der Waals surface area contributed by atoms with Crippen molar-refractivity contribution < 1.29 is 4.79 Å². The average molecular weight is 301 g/mol. The highest BCUT2D eigenvalue weighted by molar-refractivity contribution is 9.10. The summed E-state index contributed by atoms with van der Waals surface area (Å²) in [6.07, 6.45) is 3.96. The van der Waals surface area contributed by atoms with E-state index in [1.165, 1.54) is 0 Å². The van der Waals surface area contributed by atoms with Gasteiger partial charge in [0.05, 0.1) is 0 Å². The number of rotatable bonds is 6. The number of aryl methyl sites for hydroxylation is 1. The lowest BCUT2D eigenvalue weighted by atomic mass is 10.3. The Bertz CT molecular complexity index is 367.